The molecule has 0 spiro atoms. The molecule has 6 aliphatic rings. The number of anilines is 6. The molecule has 342 valence electrons. The van der Waals surface area contributed by atoms with E-state index in [9.17, 15) is 0 Å². The molecule has 0 aliphatic carbocycles. The maximum Gasteiger partial charge on any atom is 0.256 e. The number of rotatable bonds is 2. The van der Waals surface area contributed by atoms with Gasteiger partial charge in [0.15, 0.2) is 0 Å². The van der Waals surface area contributed by atoms with Gasteiger partial charge in [-0.25, -0.2) is 0 Å². The molecule has 2 aromatic heterocycles. The lowest BCUT2D eigenvalue weighted by atomic mass is 9.29. The van der Waals surface area contributed by atoms with Crippen molar-refractivity contribution in [2.24, 2.45) is 0 Å². The number of aromatic nitrogens is 2. The third-order valence-electron chi connectivity index (χ3n) is 17.6. The molecule has 0 bridgehead atoms. The molecule has 6 aliphatic heterocycles. The fourth-order valence-electron chi connectivity index (χ4n) is 14.8. The summed E-state index contributed by atoms with van der Waals surface area (Å²) in [5.41, 5.74) is 25.5. The van der Waals surface area contributed by atoms with Crippen LogP contribution in [0, 0.1) is 0 Å². The maximum absolute atomic E-state index is 6.90. The van der Waals surface area contributed by atoms with Crippen LogP contribution in [0.25, 0.3) is 55.0 Å². The first-order valence-corrected chi connectivity index (χ1v) is 26.1. The van der Waals surface area contributed by atoms with E-state index in [1.54, 1.807) is 0 Å². The van der Waals surface area contributed by atoms with Crippen LogP contribution in [0.1, 0.15) is 0 Å². The van der Waals surface area contributed by atoms with Gasteiger partial charge in [-0.05, 0) is 146 Å². The highest BCUT2D eigenvalue weighted by Gasteiger charge is 2.49. The van der Waals surface area contributed by atoms with E-state index in [4.69, 9.17) is 9.47 Å². The van der Waals surface area contributed by atoms with E-state index in [1.165, 1.54) is 127 Å². The van der Waals surface area contributed by atoms with Crippen molar-refractivity contribution in [2.45, 2.75) is 0 Å². The Labute approximate surface area is 432 Å². The number of ether oxygens (including phenoxy) is 2. The Kier molecular flexibility index (Phi) is 7.14. The van der Waals surface area contributed by atoms with Gasteiger partial charge in [0.25, 0.3) is 20.1 Å². The zero-order valence-electron chi connectivity index (χ0n) is 40.2. The average molecular weight is 950 g/mol. The zero-order valence-corrected chi connectivity index (χ0v) is 40.2. The Hall–Kier alpha value is -9.59. The van der Waals surface area contributed by atoms with Crippen molar-refractivity contribution in [2.75, 3.05) is 9.80 Å². The van der Waals surface area contributed by atoms with Gasteiger partial charge in [0.2, 0.25) is 0 Å². The van der Waals surface area contributed by atoms with E-state index in [0.717, 1.165) is 34.4 Å². The number of hydrogen-bond donors (Lipinski definition) is 0. The molecule has 0 amide bonds. The molecule has 9 heteroatoms. The minimum absolute atomic E-state index is 0.0573. The molecule has 0 fully saturated rings. The highest BCUT2D eigenvalue weighted by molar-refractivity contribution is 7.04. The fourth-order valence-corrected chi connectivity index (χ4v) is 14.8. The van der Waals surface area contributed by atoms with Crippen molar-refractivity contribution in [3.63, 3.8) is 0 Å². The molecule has 13 aromatic rings. The monoisotopic (exact) mass is 950 g/mol. The number of fused-ring (bicyclic) bond motifs is 20. The molecule has 19 rings (SSSR count). The van der Waals surface area contributed by atoms with Crippen LogP contribution in [0.5, 0.6) is 23.0 Å². The SMILES string of the molecule is c1ccc(N2c3cc4c(cc3B3c5cc6c(cc5N(c5ccccc5)c5cccc2c53)-n2c3ccccc3c3ccc5c(c32)B6c2ccccc2O5)B2c3ccccc3Oc3ccc5c6ccccc6n-4c5c32)cc1. The Morgan fingerprint density at radius 2 is 0.680 bits per heavy atom. The minimum Gasteiger partial charge on any atom is -0.458 e. The minimum atomic E-state index is -0.141. The van der Waals surface area contributed by atoms with Gasteiger partial charge < -0.3 is 28.4 Å². The Bertz CT molecular complexity index is 4480. The molecule has 0 saturated carbocycles. The first-order valence-electron chi connectivity index (χ1n) is 26.1. The third-order valence-corrected chi connectivity index (χ3v) is 17.6. The molecule has 0 unspecified atom stereocenters. The predicted octanol–water partition coefficient (Wildman–Crippen LogP) is 9.83. The standard InChI is InChI=1S/C66H37B3N4O2/c1-3-16-38(17-4-1)70-52-26-15-27-53-62(52)69(46-34-48-56(36-54(46)70)72-50-24-11-7-20-40(50)42-30-32-60-63(65(42)72)67(48)44-22-9-13-28-58(44)74-60)47-35-49-57(37-55(47)71(53)39-18-5-2-6-19-39)73-51-25-12-8-21-41(51)43-31-33-61-64(66(43)73)68(49)45-23-10-14-29-59(45)75-61/h1-37H. The van der Waals surface area contributed by atoms with Crippen molar-refractivity contribution in [3.8, 4) is 34.4 Å². The molecule has 0 radical (unpaired) electrons. The number of nitrogens with zero attached hydrogens (tertiary/aromatic N) is 4. The fraction of sp³-hybridized carbons (Fsp3) is 0. The lowest BCUT2D eigenvalue weighted by molar-refractivity contribution is 0.487. The molecule has 0 N–H and O–H groups in total. The normalized spacial score (nSPS) is 14.2. The van der Waals surface area contributed by atoms with Gasteiger partial charge in [0.1, 0.15) is 23.0 Å². The summed E-state index contributed by atoms with van der Waals surface area (Å²) in [6.07, 6.45) is 0. The molecule has 75 heavy (non-hydrogen) atoms. The summed E-state index contributed by atoms with van der Waals surface area (Å²) in [4.78, 5) is 5.09. The van der Waals surface area contributed by atoms with Gasteiger partial charge in [-0.3, -0.25) is 0 Å². The van der Waals surface area contributed by atoms with E-state index < -0.39 is 0 Å². The second kappa shape index (κ2) is 13.7. The molecule has 6 nitrogen and oxygen atoms in total. The smallest absolute Gasteiger partial charge is 0.256 e. The largest absolute Gasteiger partial charge is 0.458 e. The van der Waals surface area contributed by atoms with Gasteiger partial charge in [-0.1, -0.05) is 127 Å². The maximum atomic E-state index is 6.90. The predicted molar refractivity (Wildman–Crippen MR) is 311 cm³/mol. The van der Waals surface area contributed by atoms with Crippen LogP contribution in [0.4, 0.5) is 34.1 Å². The first kappa shape index (κ1) is 39.0. The highest BCUT2D eigenvalue weighted by Crippen LogP contribution is 2.47. The Morgan fingerprint density at radius 3 is 1.17 bits per heavy atom. The van der Waals surface area contributed by atoms with Crippen LogP contribution in [0.15, 0.2) is 224 Å². The summed E-state index contributed by atoms with van der Waals surface area (Å²) in [7, 11) is 0. The van der Waals surface area contributed by atoms with E-state index >= 15 is 0 Å². The lowest BCUT2D eigenvalue weighted by Gasteiger charge is -2.45. The summed E-state index contributed by atoms with van der Waals surface area (Å²) in [5.74, 6) is 3.68. The van der Waals surface area contributed by atoms with Crippen molar-refractivity contribution in [1.29, 1.82) is 0 Å². The van der Waals surface area contributed by atoms with Crippen molar-refractivity contribution in [1.82, 2.24) is 9.13 Å². The van der Waals surface area contributed by atoms with Crippen LogP contribution in [0.3, 0.4) is 0 Å². The van der Waals surface area contributed by atoms with Crippen LogP contribution in [0.2, 0.25) is 0 Å². The molecule has 0 atom stereocenters. The van der Waals surface area contributed by atoms with E-state index in [0.29, 0.717) is 0 Å². The summed E-state index contributed by atoms with van der Waals surface area (Å²) < 4.78 is 18.9. The summed E-state index contributed by atoms with van der Waals surface area (Å²) in [6, 6.07) is 83.5. The van der Waals surface area contributed by atoms with Gasteiger partial charge in [-0.15, -0.1) is 0 Å². The summed E-state index contributed by atoms with van der Waals surface area (Å²) >= 11 is 0. The summed E-state index contributed by atoms with van der Waals surface area (Å²) in [5, 5.41) is 4.98. The molecule has 11 aromatic carbocycles. The quantitative estimate of drug-likeness (QED) is 0.162. The van der Waals surface area contributed by atoms with E-state index in [2.05, 4.69) is 243 Å². The average Bonchev–Trinajstić information content (AvgIpc) is 4.07. The van der Waals surface area contributed by atoms with Crippen LogP contribution < -0.4 is 68.4 Å². The van der Waals surface area contributed by atoms with Crippen LogP contribution in [-0.4, -0.2) is 29.3 Å². The van der Waals surface area contributed by atoms with Gasteiger partial charge >= 0.3 is 0 Å². The molecular weight excluding hydrogens is 913 g/mol. The van der Waals surface area contributed by atoms with Crippen molar-refractivity contribution in [3.05, 3.63) is 224 Å². The first-order chi connectivity index (χ1) is 37.2. The Morgan fingerprint density at radius 1 is 0.267 bits per heavy atom. The lowest BCUT2D eigenvalue weighted by Crippen LogP contribution is -2.65. The van der Waals surface area contributed by atoms with E-state index in [1.807, 2.05) is 0 Å². The summed E-state index contributed by atoms with van der Waals surface area (Å²) in [6.45, 7) is -0.255. The van der Waals surface area contributed by atoms with Gasteiger partial charge in [-0.2, -0.15) is 0 Å². The van der Waals surface area contributed by atoms with E-state index in [-0.39, 0.29) is 20.1 Å². The molecular formula is C66H37B3N4O2. The second-order valence-corrected chi connectivity index (χ2v) is 21.0. The van der Waals surface area contributed by atoms with Gasteiger partial charge in [0.05, 0.1) is 22.1 Å². The number of hydrogen-bond acceptors (Lipinski definition) is 4. The van der Waals surface area contributed by atoms with Gasteiger partial charge in [0, 0.05) is 67.0 Å². The van der Waals surface area contributed by atoms with Crippen molar-refractivity contribution < 1.29 is 9.47 Å². The Balaban J connectivity index is 0.970. The zero-order chi connectivity index (χ0) is 48.4. The van der Waals surface area contributed by atoms with Crippen LogP contribution in [-0.2, 0) is 0 Å². The van der Waals surface area contributed by atoms with Crippen LogP contribution >= 0.6 is 0 Å². The van der Waals surface area contributed by atoms with Crippen molar-refractivity contribution >= 4 is 147 Å². The number of para-hydroxylation sites is 6. The molecule has 8 heterocycles. The number of benzene rings is 11. The topological polar surface area (TPSA) is 34.8 Å². The highest BCUT2D eigenvalue weighted by atomic mass is 16.5. The second-order valence-electron chi connectivity index (χ2n) is 21.0. The third kappa shape index (κ3) is 4.73. The molecule has 0 saturated heterocycles.